The van der Waals surface area contributed by atoms with Crippen LogP contribution in [0.5, 0.6) is 0 Å². The van der Waals surface area contributed by atoms with Gasteiger partial charge in [0.15, 0.2) is 0 Å². The average molecular weight is 378 g/mol. The Kier molecular flexibility index (Phi) is 6.87. The molecule has 0 spiro atoms. The number of hydrogen-bond donors (Lipinski definition) is 1. The zero-order chi connectivity index (χ0) is 17.5. The summed E-state index contributed by atoms with van der Waals surface area (Å²) in [6.45, 7) is 6.02. The molecular formula is C19H24ClN3OS. The van der Waals surface area contributed by atoms with Gasteiger partial charge in [-0.3, -0.25) is 14.6 Å². The van der Waals surface area contributed by atoms with Crippen LogP contribution in [0.3, 0.4) is 0 Å². The smallest absolute Gasteiger partial charge is 0.234 e. The fourth-order valence-electron chi connectivity index (χ4n) is 2.99. The van der Waals surface area contributed by atoms with Crippen LogP contribution in [0, 0.1) is 0 Å². The van der Waals surface area contributed by atoms with Gasteiger partial charge in [-0.2, -0.15) is 0 Å². The molecule has 1 amide bonds. The fourth-order valence-corrected chi connectivity index (χ4v) is 3.83. The van der Waals surface area contributed by atoms with E-state index in [-0.39, 0.29) is 5.91 Å². The van der Waals surface area contributed by atoms with Gasteiger partial charge in [-0.25, -0.2) is 0 Å². The first kappa shape index (κ1) is 18.4. The average Bonchev–Trinajstić information content (AvgIpc) is 3.12. The van der Waals surface area contributed by atoms with Crippen LogP contribution >= 0.6 is 22.9 Å². The van der Waals surface area contributed by atoms with E-state index in [1.807, 2.05) is 18.2 Å². The molecule has 134 valence electrons. The van der Waals surface area contributed by atoms with Crippen LogP contribution in [0.15, 0.2) is 41.8 Å². The first-order valence-electron chi connectivity index (χ1n) is 8.67. The molecule has 6 heteroatoms. The number of carbonyl (C=O) groups excluding carboxylic acids is 1. The minimum absolute atomic E-state index is 0.128. The molecule has 3 rings (SSSR count). The number of rotatable bonds is 7. The highest BCUT2D eigenvalue weighted by Crippen LogP contribution is 2.13. The number of halogens is 1. The third-order valence-electron chi connectivity index (χ3n) is 4.43. The third-order valence-corrected chi connectivity index (χ3v) is 5.61. The van der Waals surface area contributed by atoms with Crippen molar-refractivity contribution >= 4 is 28.8 Å². The number of amides is 1. The standard InChI is InChI=1S/C19H24ClN3OS/c20-17-5-3-16(4-6-17)14-22-9-11-23(12-10-22)15-19(24)21-8-7-18-2-1-13-25-18/h1-6,13H,7-12,14-15H2,(H,21,24). The second-order valence-electron chi connectivity index (χ2n) is 6.36. The lowest BCUT2D eigenvalue weighted by atomic mass is 10.2. The third kappa shape index (κ3) is 6.12. The molecule has 2 aromatic rings. The van der Waals surface area contributed by atoms with Gasteiger partial charge in [0, 0.05) is 49.2 Å². The number of benzene rings is 1. The molecule has 2 heterocycles. The molecule has 1 N–H and O–H groups in total. The van der Waals surface area contributed by atoms with E-state index in [1.165, 1.54) is 10.4 Å². The minimum atomic E-state index is 0.128. The normalized spacial score (nSPS) is 16.0. The number of nitrogens with one attached hydrogen (secondary N) is 1. The van der Waals surface area contributed by atoms with Gasteiger partial charge in [0.2, 0.25) is 5.91 Å². The molecule has 1 aromatic heterocycles. The van der Waals surface area contributed by atoms with Gasteiger partial charge < -0.3 is 5.32 Å². The molecule has 1 aliphatic rings. The van der Waals surface area contributed by atoms with Crippen molar-refractivity contribution in [1.82, 2.24) is 15.1 Å². The van der Waals surface area contributed by atoms with Crippen molar-refractivity contribution in [1.29, 1.82) is 0 Å². The lowest BCUT2D eigenvalue weighted by Gasteiger charge is -2.34. The summed E-state index contributed by atoms with van der Waals surface area (Å²) in [7, 11) is 0. The van der Waals surface area contributed by atoms with Crippen LogP contribution < -0.4 is 5.32 Å². The first-order valence-corrected chi connectivity index (χ1v) is 9.93. The quantitative estimate of drug-likeness (QED) is 0.805. The monoisotopic (exact) mass is 377 g/mol. The topological polar surface area (TPSA) is 35.6 Å². The van der Waals surface area contributed by atoms with Gasteiger partial charge in [-0.15, -0.1) is 11.3 Å². The molecule has 1 fully saturated rings. The lowest BCUT2D eigenvalue weighted by molar-refractivity contribution is -0.122. The molecule has 1 aromatic carbocycles. The summed E-state index contributed by atoms with van der Waals surface area (Å²) in [5.41, 5.74) is 1.28. The van der Waals surface area contributed by atoms with Crippen molar-refractivity contribution in [2.45, 2.75) is 13.0 Å². The van der Waals surface area contributed by atoms with Crippen LogP contribution in [0.25, 0.3) is 0 Å². The predicted octanol–water partition coefficient (Wildman–Crippen LogP) is 2.88. The maximum Gasteiger partial charge on any atom is 0.234 e. The summed E-state index contributed by atoms with van der Waals surface area (Å²) >= 11 is 7.67. The molecule has 1 aliphatic heterocycles. The van der Waals surface area contributed by atoms with Crippen LogP contribution in [0.1, 0.15) is 10.4 Å². The first-order chi connectivity index (χ1) is 12.2. The molecule has 0 aliphatic carbocycles. The highest BCUT2D eigenvalue weighted by Gasteiger charge is 2.18. The number of carbonyl (C=O) groups is 1. The summed E-state index contributed by atoms with van der Waals surface area (Å²) in [6.07, 6.45) is 0.915. The van der Waals surface area contributed by atoms with Gasteiger partial charge in [-0.1, -0.05) is 29.8 Å². The zero-order valence-corrected chi connectivity index (χ0v) is 15.9. The number of thiophene rings is 1. The van der Waals surface area contributed by atoms with E-state index in [1.54, 1.807) is 11.3 Å². The maximum absolute atomic E-state index is 12.1. The van der Waals surface area contributed by atoms with Crippen molar-refractivity contribution < 1.29 is 4.79 Å². The largest absolute Gasteiger partial charge is 0.355 e. The fraction of sp³-hybridized carbons (Fsp3) is 0.421. The van der Waals surface area contributed by atoms with Crippen LogP contribution in [-0.4, -0.2) is 55.0 Å². The molecule has 0 radical (unpaired) electrons. The molecule has 0 saturated carbocycles. The van der Waals surface area contributed by atoms with Crippen molar-refractivity contribution in [3.8, 4) is 0 Å². The van der Waals surface area contributed by atoms with E-state index < -0.39 is 0 Å². The molecule has 25 heavy (non-hydrogen) atoms. The second-order valence-corrected chi connectivity index (χ2v) is 7.83. The second kappa shape index (κ2) is 9.34. The molecule has 4 nitrogen and oxygen atoms in total. The summed E-state index contributed by atoms with van der Waals surface area (Å²) < 4.78 is 0. The van der Waals surface area contributed by atoms with Crippen molar-refractivity contribution in [3.63, 3.8) is 0 Å². The Labute approximate surface area is 158 Å². The van der Waals surface area contributed by atoms with Crippen molar-refractivity contribution in [2.24, 2.45) is 0 Å². The van der Waals surface area contributed by atoms with Crippen molar-refractivity contribution in [3.05, 3.63) is 57.2 Å². The predicted molar refractivity (Wildman–Crippen MR) is 104 cm³/mol. The van der Waals surface area contributed by atoms with E-state index >= 15 is 0 Å². The Bertz CT molecular complexity index is 652. The summed E-state index contributed by atoms with van der Waals surface area (Å²) in [5, 5.41) is 5.87. The Morgan fingerprint density at radius 3 is 2.48 bits per heavy atom. The van der Waals surface area contributed by atoms with Crippen LogP contribution in [0.4, 0.5) is 0 Å². The Morgan fingerprint density at radius 1 is 1.08 bits per heavy atom. The van der Waals surface area contributed by atoms with Gasteiger partial charge >= 0.3 is 0 Å². The summed E-state index contributed by atoms with van der Waals surface area (Å²) in [4.78, 5) is 18.0. The van der Waals surface area contributed by atoms with E-state index in [9.17, 15) is 4.79 Å². The van der Waals surface area contributed by atoms with E-state index in [2.05, 4.69) is 38.7 Å². The molecule has 0 bridgehead atoms. The van der Waals surface area contributed by atoms with Crippen LogP contribution in [-0.2, 0) is 17.8 Å². The maximum atomic E-state index is 12.1. The van der Waals surface area contributed by atoms with Gasteiger partial charge in [-0.05, 0) is 35.6 Å². The molecule has 0 unspecified atom stereocenters. The Hall–Kier alpha value is -1.40. The minimum Gasteiger partial charge on any atom is -0.355 e. The SMILES string of the molecule is O=C(CN1CCN(Cc2ccc(Cl)cc2)CC1)NCCc1cccs1. The molecule has 0 atom stereocenters. The highest BCUT2D eigenvalue weighted by atomic mass is 35.5. The van der Waals surface area contributed by atoms with E-state index in [0.717, 1.165) is 50.7 Å². The highest BCUT2D eigenvalue weighted by molar-refractivity contribution is 7.09. The lowest BCUT2D eigenvalue weighted by Crippen LogP contribution is -2.49. The Balaban J connectivity index is 1.33. The number of nitrogens with zero attached hydrogens (tertiary/aromatic N) is 2. The number of piperazine rings is 1. The van der Waals surface area contributed by atoms with Gasteiger partial charge in [0.25, 0.3) is 0 Å². The summed E-state index contributed by atoms with van der Waals surface area (Å²) in [6, 6.07) is 12.2. The van der Waals surface area contributed by atoms with Gasteiger partial charge in [0.05, 0.1) is 6.54 Å². The molecule has 1 saturated heterocycles. The van der Waals surface area contributed by atoms with E-state index in [0.29, 0.717) is 6.54 Å². The number of hydrogen-bond acceptors (Lipinski definition) is 4. The zero-order valence-electron chi connectivity index (χ0n) is 14.3. The van der Waals surface area contributed by atoms with Crippen molar-refractivity contribution in [2.75, 3.05) is 39.3 Å². The van der Waals surface area contributed by atoms with E-state index in [4.69, 9.17) is 11.6 Å². The Morgan fingerprint density at radius 2 is 1.80 bits per heavy atom. The van der Waals surface area contributed by atoms with Crippen LogP contribution in [0.2, 0.25) is 5.02 Å². The molecular weight excluding hydrogens is 354 g/mol. The van der Waals surface area contributed by atoms with Gasteiger partial charge in [0.1, 0.15) is 0 Å². The summed E-state index contributed by atoms with van der Waals surface area (Å²) in [5.74, 6) is 0.128.